The van der Waals surface area contributed by atoms with E-state index < -0.39 is 0 Å². The minimum Gasteiger partial charge on any atom is -0.465 e. The van der Waals surface area contributed by atoms with E-state index in [-0.39, 0.29) is 12.0 Å². The number of rotatable bonds is 3. The number of benzene rings is 1. The normalized spacial score (nSPS) is 17.6. The molecule has 2 N–H and O–H groups in total. The lowest BCUT2D eigenvalue weighted by Gasteiger charge is -2.31. The molecule has 0 unspecified atom stereocenters. The number of nitrogens with two attached hydrogens (primary N) is 1. The van der Waals surface area contributed by atoms with Gasteiger partial charge in [-0.05, 0) is 36.5 Å². The fraction of sp³-hybridized carbons (Fsp3) is 0.462. The van der Waals surface area contributed by atoms with Crippen LogP contribution < -0.4 is 5.73 Å². The van der Waals surface area contributed by atoms with E-state index in [9.17, 15) is 4.79 Å². The van der Waals surface area contributed by atoms with Gasteiger partial charge < -0.3 is 10.5 Å². The molecular weight excluding hydrogens is 202 g/mol. The second-order valence-corrected chi connectivity index (χ2v) is 4.33. The number of carbonyl (C=O) groups excluding carboxylic acids is 1. The topological polar surface area (TPSA) is 52.3 Å². The summed E-state index contributed by atoms with van der Waals surface area (Å²) in [5.41, 5.74) is 7.77. The zero-order chi connectivity index (χ0) is 11.5. The van der Waals surface area contributed by atoms with Gasteiger partial charge in [0.15, 0.2) is 0 Å². The summed E-state index contributed by atoms with van der Waals surface area (Å²) in [6, 6.07) is 7.49. The minimum absolute atomic E-state index is 0.0540. The Labute approximate surface area is 95.6 Å². The van der Waals surface area contributed by atoms with Crippen LogP contribution in [0.3, 0.4) is 0 Å². The molecule has 0 aliphatic heterocycles. The lowest BCUT2D eigenvalue weighted by Crippen LogP contribution is -2.27. The number of carbonyl (C=O) groups is 1. The van der Waals surface area contributed by atoms with Gasteiger partial charge in [-0.1, -0.05) is 18.6 Å². The predicted octanol–water partition coefficient (Wildman–Crippen LogP) is 2.27. The molecule has 3 nitrogen and oxygen atoms in total. The lowest BCUT2D eigenvalue weighted by molar-refractivity contribution is 0.0600. The molecule has 1 saturated carbocycles. The fourth-order valence-corrected chi connectivity index (χ4v) is 2.06. The van der Waals surface area contributed by atoms with Crippen molar-refractivity contribution in [1.82, 2.24) is 0 Å². The van der Waals surface area contributed by atoms with Gasteiger partial charge in [-0.25, -0.2) is 4.79 Å². The lowest BCUT2D eigenvalue weighted by atomic mass is 9.77. The third-order valence-corrected chi connectivity index (χ3v) is 3.35. The number of esters is 1. The zero-order valence-corrected chi connectivity index (χ0v) is 9.48. The Morgan fingerprint density at radius 3 is 2.81 bits per heavy atom. The molecule has 0 heterocycles. The predicted molar refractivity (Wildman–Crippen MR) is 62.1 cm³/mol. The van der Waals surface area contributed by atoms with E-state index in [0.29, 0.717) is 11.5 Å². The Hall–Kier alpha value is -1.35. The van der Waals surface area contributed by atoms with E-state index in [1.165, 1.54) is 26.4 Å². The molecule has 1 aliphatic carbocycles. The van der Waals surface area contributed by atoms with Gasteiger partial charge in [0.25, 0.3) is 0 Å². The first-order valence-electron chi connectivity index (χ1n) is 5.66. The van der Waals surface area contributed by atoms with Crippen LogP contribution in [0.15, 0.2) is 24.3 Å². The Bertz CT molecular complexity index is 385. The van der Waals surface area contributed by atoms with Gasteiger partial charge in [0.05, 0.1) is 12.7 Å². The molecule has 1 aromatic carbocycles. The van der Waals surface area contributed by atoms with Crippen LogP contribution in [0, 0.1) is 5.92 Å². The summed E-state index contributed by atoms with van der Waals surface area (Å²) in [5, 5.41) is 0. The number of hydrogen-bond acceptors (Lipinski definition) is 3. The summed E-state index contributed by atoms with van der Waals surface area (Å²) in [7, 11) is 1.39. The maximum atomic E-state index is 11.4. The second-order valence-electron chi connectivity index (χ2n) is 4.33. The van der Waals surface area contributed by atoms with Gasteiger partial charge in [-0.2, -0.15) is 0 Å². The van der Waals surface area contributed by atoms with Gasteiger partial charge in [0.1, 0.15) is 0 Å². The van der Waals surface area contributed by atoms with E-state index in [1.54, 1.807) is 6.07 Å². The van der Waals surface area contributed by atoms with E-state index >= 15 is 0 Å². The largest absolute Gasteiger partial charge is 0.465 e. The third-order valence-electron chi connectivity index (χ3n) is 3.35. The molecule has 0 radical (unpaired) electrons. The highest BCUT2D eigenvalue weighted by Crippen LogP contribution is 2.36. The van der Waals surface area contributed by atoms with Crippen LogP contribution in [0.5, 0.6) is 0 Å². The number of methoxy groups -OCH3 is 1. The van der Waals surface area contributed by atoms with Gasteiger partial charge in [0.2, 0.25) is 0 Å². The molecule has 3 heteroatoms. The van der Waals surface area contributed by atoms with Crippen molar-refractivity contribution in [3.05, 3.63) is 35.4 Å². The van der Waals surface area contributed by atoms with Crippen molar-refractivity contribution in [2.75, 3.05) is 7.11 Å². The molecule has 1 fully saturated rings. The molecular formula is C13H17NO2. The summed E-state index contributed by atoms with van der Waals surface area (Å²) in [4.78, 5) is 11.4. The highest BCUT2D eigenvalue weighted by Gasteiger charge is 2.25. The molecule has 2 rings (SSSR count). The quantitative estimate of drug-likeness (QED) is 0.793. The van der Waals surface area contributed by atoms with Gasteiger partial charge in [-0.15, -0.1) is 0 Å². The Morgan fingerprint density at radius 1 is 1.50 bits per heavy atom. The highest BCUT2D eigenvalue weighted by molar-refractivity contribution is 5.89. The van der Waals surface area contributed by atoms with Crippen LogP contribution >= 0.6 is 0 Å². The van der Waals surface area contributed by atoms with E-state index in [0.717, 1.165) is 5.56 Å². The summed E-state index contributed by atoms with van der Waals surface area (Å²) in [6.07, 6.45) is 3.67. The van der Waals surface area contributed by atoms with Gasteiger partial charge in [-0.3, -0.25) is 0 Å². The molecule has 1 aromatic rings. The first kappa shape index (κ1) is 11.1. The summed E-state index contributed by atoms with van der Waals surface area (Å²) >= 11 is 0. The Kier molecular flexibility index (Phi) is 3.25. The van der Waals surface area contributed by atoms with E-state index in [2.05, 4.69) is 0 Å². The standard InChI is InChI=1S/C13H17NO2/c1-16-13(15)11-7-3-6-10(8-11)12(14)9-4-2-5-9/h3,6-9,12H,2,4-5,14H2,1H3/t12-/m0/s1. The van der Waals surface area contributed by atoms with Crippen molar-refractivity contribution in [2.45, 2.75) is 25.3 Å². The minimum atomic E-state index is -0.303. The Balaban J connectivity index is 2.17. The molecule has 0 amide bonds. The van der Waals surface area contributed by atoms with E-state index in [4.69, 9.17) is 10.5 Å². The van der Waals surface area contributed by atoms with Crippen molar-refractivity contribution >= 4 is 5.97 Å². The Morgan fingerprint density at radius 2 is 2.25 bits per heavy atom. The number of hydrogen-bond donors (Lipinski definition) is 1. The third kappa shape index (κ3) is 2.09. The van der Waals surface area contributed by atoms with Crippen molar-refractivity contribution in [3.63, 3.8) is 0 Å². The maximum absolute atomic E-state index is 11.4. The van der Waals surface area contributed by atoms with Crippen LogP contribution in [0.2, 0.25) is 0 Å². The van der Waals surface area contributed by atoms with Crippen molar-refractivity contribution in [2.24, 2.45) is 11.7 Å². The molecule has 16 heavy (non-hydrogen) atoms. The molecule has 0 bridgehead atoms. The molecule has 0 spiro atoms. The summed E-state index contributed by atoms with van der Waals surface area (Å²) < 4.78 is 4.69. The number of ether oxygens (including phenoxy) is 1. The SMILES string of the molecule is COC(=O)c1cccc([C@@H](N)C2CCC2)c1. The van der Waals surface area contributed by atoms with Crippen LogP contribution in [0.4, 0.5) is 0 Å². The summed E-state index contributed by atoms with van der Waals surface area (Å²) in [5.74, 6) is 0.274. The molecule has 1 aliphatic rings. The molecule has 86 valence electrons. The fourth-order valence-electron chi connectivity index (χ4n) is 2.06. The first-order chi connectivity index (χ1) is 7.72. The van der Waals surface area contributed by atoms with Crippen molar-refractivity contribution < 1.29 is 9.53 Å². The molecule has 1 atom stereocenters. The zero-order valence-electron chi connectivity index (χ0n) is 9.48. The van der Waals surface area contributed by atoms with Crippen molar-refractivity contribution in [3.8, 4) is 0 Å². The molecule has 0 aromatic heterocycles. The average molecular weight is 219 g/mol. The maximum Gasteiger partial charge on any atom is 0.337 e. The second kappa shape index (κ2) is 4.66. The summed E-state index contributed by atoms with van der Waals surface area (Å²) in [6.45, 7) is 0. The van der Waals surface area contributed by atoms with Crippen LogP contribution in [-0.4, -0.2) is 13.1 Å². The van der Waals surface area contributed by atoms with E-state index in [1.807, 2.05) is 18.2 Å². The van der Waals surface area contributed by atoms with Gasteiger partial charge in [0, 0.05) is 6.04 Å². The smallest absolute Gasteiger partial charge is 0.337 e. The average Bonchev–Trinajstić information content (AvgIpc) is 2.26. The van der Waals surface area contributed by atoms with Crippen LogP contribution in [0.1, 0.15) is 41.2 Å². The first-order valence-corrected chi connectivity index (χ1v) is 5.66. The molecule has 0 saturated heterocycles. The van der Waals surface area contributed by atoms with Crippen LogP contribution in [0.25, 0.3) is 0 Å². The van der Waals surface area contributed by atoms with Gasteiger partial charge >= 0.3 is 5.97 Å². The monoisotopic (exact) mass is 219 g/mol. The van der Waals surface area contributed by atoms with Crippen molar-refractivity contribution in [1.29, 1.82) is 0 Å². The van der Waals surface area contributed by atoms with Crippen LogP contribution in [-0.2, 0) is 4.74 Å². The highest BCUT2D eigenvalue weighted by atomic mass is 16.5.